The van der Waals surface area contributed by atoms with Crippen molar-refractivity contribution in [3.8, 4) is 0 Å². The average Bonchev–Trinajstić information content (AvgIpc) is 1.81. The summed E-state index contributed by atoms with van der Waals surface area (Å²) in [6, 6.07) is 0. The molecule has 5 heteroatoms. The Balaban J connectivity index is 2.94. The Bertz CT molecular complexity index is 224. The first kappa shape index (κ1) is 8.76. The molecule has 2 N–H and O–H groups in total. The molecule has 1 heterocycles. The summed E-state index contributed by atoms with van der Waals surface area (Å²) in [6.07, 6.45) is 0.421. The number of aliphatic imine (C=N–C) groups is 1. The van der Waals surface area contributed by atoms with E-state index in [1.807, 2.05) is 6.92 Å². The summed E-state index contributed by atoms with van der Waals surface area (Å²) < 4.78 is -0.356. The molecule has 1 unspecified atom stereocenters. The van der Waals surface area contributed by atoms with E-state index in [-0.39, 0.29) is 9.45 Å². The Morgan fingerprint density at radius 2 is 2.36 bits per heavy atom. The summed E-state index contributed by atoms with van der Waals surface area (Å²) in [7, 11) is 1.63. The fourth-order valence-electron chi connectivity index (χ4n) is 0.876. The van der Waals surface area contributed by atoms with E-state index in [0.29, 0.717) is 12.4 Å². The Morgan fingerprint density at radius 1 is 1.82 bits per heavy atom. The number of carbonyl (C=O) groups excluding carboxylic acids is 1. The smallest absolute Gasteiger partial charge is 0.232 e. The molecule has 4 nitrogen and oxygen atoms in total. The molecular formula is C6H10IN3O. The van der Waals surface area contributed by atoms with Crippen LogP contribution in [0, 0.1) is 0 Å². The van der Waals surface area contributed by atoms with E-state index in [0.717, 1.165) is 0 Å². The van der Waals surface area contributed by atoms with Gasteiger partial charge in [0, 0.05) is 7.05 Å². The normalized spacial score (nSPS) is 32.1. The van der Waals surface area contributed by atoms with Crippen LogP contribution >= 0.6 is 22.6 Å². The molecule has 0 bridgehead atoms. The standard InChI is InChI=1S/C6H10IN3O/c1-6(7)3-4(11)10(2)5(8)9-6/h3H2,1-2H3,(H2,8,9). The van der Waals surface area contributed by atoms with Crippen LogP contribution in [0.3, 0.4) is 0 Å². The second-order valence-electron chi connectivity index (χ2n) is 2.74. The third-order valence-corrected chi connectivity index (χ3v) is 2.16. The lowest BCUT2D eigenvalue weighted by Gasteiger charge is -2.28. The summed E-state index contributed by atoms with van der Waals surface area (Å²) >= 11 is 2.12. The molecule has 0 radical (unpaired) electrons. The van der Waals surface area contributed by atoms with Gasteiger partial charge in [0.1, 0.15) is 3.55 Å². The Kier molecular flexibility index (Phi) is 2.08. The quantitative estimate of drug-likeness (QED) is 0.390. The molecule has 0 aromatic rings. The first-order valence-electron chi connectivity index (χ1n) is 3.23. The third kappa shape index (κ3) is 1.82. The molecule has 1 aliphatic rings. The summed E-state index contributed by atoms with van der Waals surface area (Å²) in [6.45, 7) is 1.88. The van der Waals surface area contributed by atoms with Gasteiger partial charge in [0.05, 0.1) is 6.42 Å². The van der Waals surface area contributed by atoms with Crippen LogP contribution in [0.5, 0.6) is 0 Å². The molecule has 0 saturated carbocycles. The molecule has 62 valence electrons. The van der Waals surface area contributed by atoms with Crippen molar-refractivity contribution in [2.75, 3.05) is 7.05 Å². The zero-order valence-electron chi connectivity index (χ0n) is 6.47. The van der Waals surface area contributed by atoms with Gasteiger partial charge in [0.2, 0.25) is 5.91 Å². The summed E-state index contributed by atoms with van der Waals surface area (Å²) in [4.78, 5) is 16.7. The van der Waals surface area contributed by atoms with Gasteiger partial charge >= 0.3 is 0 Å². The highest BCUT2D eigenvalue weighted by Gasteiger charge is 2.31. The van der Waals surface area contributed by atoms with Gasteiger partial charge in [-0.1, -0.05) is 22.6 Å². The van der Waals surface area contributed by atoms with Crippen LogP contribution in [0.2, 0.25) is 0 Å². The van der Waals surface area contributed by atoms with Crippen LogP contribution in [0.15, 0.2) is 4.99 Å². The zero-order chi connectivity index (χ0) is 8.65. The number of carbonyl (C=O) groups is 1. The number of halogens is 1. The van der Waals surface area contributed by atoms with Gasteiger partial charge in [0.25, 0.3) is 0 Å². The first-order valence-corrected chi connectivity index (χ1v) is 4.31. The number of nitrogens with zero attached hydrogens (tertiary/aromatic N) is 2. The van der Waals surface area contributed by atoms with Crippen molar-refractivity contribution in [3.63, 3.8) is 0 Å². The van der Waals surface area contributed by atoms with Gasteiger partial charge in [-0.15, -0.1) is 0 Å². The van der Waals surface area contributed by atoms with Crippen molar-refractivity contribution in [3.05, 3.63) is 0 Å². The second kappa shape index (κ2) is 2.62. The highest BCUT2D eigenvalue weighted by Crippen LogP contribution is 2.27. The molecule has 0 saturated heterocycles. The molecule has 0 aromatic heterocycles. The van der Waals surface area contributed by atoms with Crippen molar-refractivity contribution in [1.29, 1.82) is 0 Å². The van der Waals surface area contributed by atoms with Crippen LogP contribution in [-0.2, 0) is 4.79 Å². The molecule has 1 amide bonds. The lowest BCUT2D eigenvalue weighted by molar-refractivity contribution is -0.127. The van der Waals surface area contributed by atoms with E-state index >= 15 is 0 Å². The van der Waals surface area contributed by atoms with Crippen LogP contribution in [0.25, 0.3) is 0 Å². The number of hydrogen-bond acceptors (Lipinski definition) is 3. The second-order valence-corrected chi connectivity index (χ2v) is 5.07. The largest absolute Gasteiger partial charge is 0.369 e. The summed E-state index contributed by atoms with van der Waals surface area (Å²) in [5, 5.41) is 0. The Morgan fingerprint density at radius 3 is 2.82 bits per heavy atom. The van der Waals surface area contributed by atoms with Gasteiger partial charge in [-0.05, 0) is 6.92 Å². The minimum absolute atomic E-state index is 0.0226. The fourth-order valence-corrected chi connectivity index (χ4v) is 1.45. The predicted molar refractivity (Wildman–Crippen MR) is 51.4 cm³/mol. The monoisotopic (exact) mass is 267 g/mol. The molecule has 11 heavy (non-hydrogen) atoms. The third-order valence-electron chi connectivity index (χ3n) is 1.54. The van der Waals surface area contributed by atoms with Crippen LogP contribution in [0.4, 0.5) is 0 Å². The van der Waals surface area contributed by atoms with Crippen LogP contribution in [0.1, 0.15) is 13.3 Å². The fraction of sp³-hybridized carbons (Fsp3) is 0.667. The number of alkyl halides is 1. The number of nitrogens with two attached hydrogens (primary N) is 1. The minimum Gasteiger partial charge on any atom is -0.369 e. The summed E-state index contributed by atoms with van der Waals surface area (Å²) in [5.74, 6) is 0.326. The summed E-state index contributed by atoms with van der Waals surface area (Å²) in [5.41, 5.74) is 5.49. The van der Waals surface area contributed by atoms with Gasteiger partial charge < -0.3 is 5.73 Å². The minimum atomic E-state index is -0.356. The molecular weight excluding hydrogens is 257 g/mol. The lowest BCUT2D eigenvalue weighted by atomic mass is 10.2. The molecule has 1 aliphatic heterocycles. The van der Waals surface area contributed by atoms with Gasteiger partial charge in [-0.3, -0.25) is 9.69 Å². The Hall–Kier alpha value is -0.330. The van der Waals surface area contributed by atoms with Crippen molar-refractivity contribution in [1.82, 2.24) is 4.90 Å². The molecule has 0 aromatic carbocycles. The van der Waals surface area contributed by atoms with Crippen LogP contribution < -0.4 is 5.73 Å². The zero-order valence-corrected chi connectivity index (χ0v) is 8.62. The van der Waals surface area contributed by atoms with Crippen molar-refractivity contribution in [2.24, 2.45) is 10.7 Å². The SMILES string of the molecule is CN1C(=O)CC(C)(I)N=C1N. The van der Waals surface area contributed by atoms with E-state index < -0.39 is 0 Å². The molecule has 0 aliphatic carbocycles. The van der Waals surface area contributed by atoms with E-state index in [9.17, 15) is 4.79 Å². The topological polar surface area (TPSA) is 58.7 Å². The Labute approximate surface area is 79.0 Å². The molecule has 1 atom stereocenters. The molecule has 1 rings (SSSR count). The highest BCUT2D eigenvalue weighted by molar-refractivity contribution is 14.1. The van der Waals surface area contributed by atoms with Crippen LogP contribution in [-0.4, -0.2) is 27.4 Å². The van der Waals surface area contributed by atoms with E-state index in [4.69, 9.17) is 5.73 Å². The van der Waals surface area contributed by atoms with E-state index in [1.165, 1.54) is 4.90 Å². The first-order chi connectivity index (χ1) is 4.92. The average molecular weight is 267 g/mol. The number of guanidine groups is 1. The van der Waals surface area contributed by atoms with Crippen molar-refractivity contribution in [2.45, 2.75) is 16.9 Å². The van der Waals surface area contributed by atoms with Gasteiger partial charge in [-0.25, -0.2) is 4.99 Å². The lowest BCUT2D eigenvalue weighted by Crippen LogP contribution is -2.46. The highest BCUT2D eigenvalue weighted by atomic mass is 127. The maximum atomic E-state index is 11.2. The van der Waals surface area contributed by atoms with Crippen molar-refractivity contribution >= 4 is 34.5 Å². The number of amides is 1. The maximum Gasteiger partial charge on any atom is 0.232 e. The van der Waals surface area contributed by atoms with Crippen molar-refractivity contribution < 1.29 is 4.79 Å². The molecule has 0 fully saturated rings. The number of rotatable bonds is 0. The number of hydrogen-bond donors (Lipinski definition) is 1. The molecule has 0 spiro atoms. The predicted octanol–water partition coefficient (Wildman–Crippen LogP) is 0.314. The van der Waals surface area contributed by atoms with Gasteiger partial charge in [-0.2, -0.15) is 0 Å². The van der Waals surface area contributed by atoms with Gasteiger partial charge in [0.15, 0.2) is 5.96 Å². The van der Waals surface area contributed by atoms with E-state index in [1.54, 1.807) is 7.05 Å². The van der Waals surface area contributed by atoms with E-state index in [2.05, 4.69) is 27.6 Å². The maximum absolute atomic E-state index is 11.2.